The normalized spacial score (nSPS) is 10.5. The van der Waals surface area contributed by atoms with Crippen LogP contribution >= 0.6 is 11.3 Å². The number of thiazole rings is 1. The van der Waals surface area contributed by atoms with Gasteiger partial charge < -0.3 is 15.0 Å². The van der Waals surface area contributed by atoms with Gasteiger partial charge in [0.2, 0.25) is 0 Å². The fraction of sp³-hybridized carbons (Fsp3) is 0.185. The first-order valence-corrected chi connectivity index (χ1v) is 12.0. The molecule has 0 atom stereocenters. The highest BCUT2D eigenvalue weighted by Gasteiger charge is 2.20. The van der Waals surface area contributed by atoms with Gasteiger partial charge in [-0.05, 0) is 61.5 Å². The molecule has 1 N–H and O–H groups in total. The molecule has 0 aliphatic heterocycles. The lowest BCUT2D eigenvalue weighted by atomic mass is 10.1. The van der Waals surface area contributed by atoms with E-state index in [1.165, 1.54) is 0 Å². The van der Waals surface area contributed by atoms with E-state index in [0.717, 1.165) is 20.9 Å². The Morgan fingerprint density at radius 1 is 1.09 bits per heavy atom. The van der Waals surface area contributed by atoms with Crippen molar-refractivity contribution in [3.63, 3.8) is 0 Å². The van der Waals surface area contributed by atoms with Gasteiger partial charge in [0.05, 0.1) is 41.4 Å². The molecule has 0 fully saturated rings. The van der Waals surface area contributed by atoms with Gasteiger partial charge in [-0.15, -0.1) is 11.3 Å². The van der Waals surface area contributed by atoms with Crippen LogP contribution in [0.15, 0.2) is 72.8 Å². The van der Waals surface area contributed by atoms with E-state index in [1.807, 2.05) is 48.5 Å². The number of aromatic nitrogens is 1. The monoisotopic (exact) mass is 484 g/mol. The number of nitriles is 1. The molecule has 0 spiro atoms. The topological polar surface area (TPSA) is 95.3 Å². The van der Waals surface area contributed by atoms with Crippen molar-refractivity contribution in [2.24, 2.45) is 0 Å². The maximum absolute atomic E-state index is 13.4. The SMILES string of the molecule is CCOC(=O)CCN(C(=O)c1ccc2sc(CNc3ccc(C#N)cc3)nc2c1)c1ccccc1. The fourth-order valence-electron chi connectivity index (χ4n) is 3.57. The third-order valence-electron chi connectivity index (χ3n) is 5.29. The van der Waals surface area contributed by atoms with Crippen molar-refractivity contribution < 1.29 is 14.3 Å². The summed E-state index contributed by atoms with van der Waals surface area (Å²) < 4.78 is 6.02. The Bertz CT molecular complexity index is 1360. The van der Waals surface area contributed by atoms with Crippen LogP contribution in [0.5, 0.6) is 0 Å². The zero-order chi connectivity index (χ0) is 24.6. The smallest absolute Gasteiger partial charge is 0.307 e. The van der Waals surface area contributed by atoms with E-state index in [-0.39, 0.29) is 24.8 Å². The molecule has 0 bridgehead atoms. The van der Waals surface area contributed by atoms with Gasteiger partial charge in [-0.2, -0.15) is 5.26 Å². The van der Waals surface area contributed by atoms with Crippen LogP contribution < -0.4 is 10.2 Å². The molecule has 176 valence electrons. The predicted octanol–water partition coefficient (Wildman–Crippen LogP) is 5.38. The number of fused-ring (bicyclic) bond motifs is 1. The number of carbonyl (C=O) groups is 2. The van der Waals surface area contributed by atoms with Gasteiger partial charge in [-0.1, -0.05) is 18.2 Å². The molecule has 0 aliphatic carbocycles. The molecule has 0 radical (unpaired) electrons. The summed E-state index contributed by atoms with van der Waals surface area (Å²) in [4.78, 5) is 31.7. The highest BCUT2D eigenvalue weighted by molar-refractivity contribution is 7.18. The van der Waals surface area contributed by atoms with Crippen molar-refractivity contribution >= 4 is 44.8 Å². The van der Waals surface area contributed by atoms with Crippen LogP contribution in [0.2, 0.25) is 0 Å². The lowest BCUT2D eigenvalue weighted by Crippen LogP contribution is -2.33. The minimum absolute atomic E-state index is 0.110. The zero-order valence-corrected chi connectivity index (χ0v) is 20.0. The number of hydrogen-bond acceptors (Lipinski definition) is 7. The van der Waals surface area contributed by atoms with Gasteiger partial charge in [0.1, 0.15) is 5.01 Å². The molecule has 0 saturated carbocycles. The number of amides is 1. The second kappa shape index (κ2) is 11.3. The summed E-state index contributed by atoms with van der Waals surface area (Å²) in [6.07, 6.45) is 0.110. The number of hydrogen-bond donors (Lipinski definition) is 1. The Labute approximate surface area is 207 Å². The van der Waals surface area contributed by atoms with Crippen LogP contribution in [0.25, 0.3) is 10.2 Å². The van der Waals surface area contributed by atoms with Gasteiger partial charge in [-0.25, -0.2) is 4.98 Å². The lowest BCUT2D eigenvalue weighted by molar-refractivity contribution is -0.142. The van der Waals surface area contributed by atoms with Gasteiger partial charge in [0.15, 0.2) is 0 Å². The van der Waals surface area contributed by atoms with Gasteiger partial charge in [0.25, 0.3) is 5.91 Å². The van der Waals surface area contributed by atoms with Gasteiger partial charge >= 0.3 is 5.97 Å². The third kappa shape index (κ3) is 6.02. The van der Waals surface area contributed by atoms with E-state index in [4.69, 9.17) is 15.0 Å². The Morgan fingerprint density at radius 3 is 2.57 bits per heavy atom. The van der Waals surface area contributed by atoms with E-state index >= 15 is 0 Å². The van der Waals surface area contributed by atoms with Crippen molar-refractivity contribution in [1.29, 1.82) is 5.26 Å². The maximum atomic E-state index is 13.4. The maximum Gasteiger partial charge on any atom is 0.307 e. The van der Waals surface area contributed by atoms with Crippen LogP contribution in [-0.2, 0) is 16.1 Å². The summed E-state index contributed by atoms with van der Waals surface area (Å²) in [5, 5.41) is 13.1. The number of carbonyl (C=O) groups excluding carboxylic acids is 2. The number of para-hydroxylation sites is 1. The van der Waals surface area contributed by atoms with E-state index < -0.39 is 0 Å². The highest BCUT2D eigenvalue weighted by Crippen LogP contribution is 2.26. The molecule has 0 aliphatic rings. The number of esters is 1. The Hall–Kier alpha value is -4.22. The molecule has 4 aromatic rings. The van der Waals surface area contributed by atoms with Crippen molar-refractivity contribution in [1.82, 2.24) is 4.98 Å². The first kappa shape index (κ1) is 23.9. The Balaban J connectivity index is 1.51. The van der Waals surface area contributed by atoms with Crippen molar-refractivity contribution in [3.8, 4) is 6.07 Å². The van der Waals surface area contributed by atoms with Crippen molar-refractivity contribution in [2.75, 3.05) is 23.4 Å². The highest BCUT2D eigenvalue weighted by atomic mass is 32.1. The molecule has 1 aromatic heterocycles. The summed E-state index contributed by atoms with van der Waals surface area (Å²) in [5.74, 6) is -0.539. The minimum Gasteiger partial charge on any atom is -0.466 e. The van der Waals surface area contributed by atoms with Gasteiger partial charge in [-0.3, -0.25) is 9.59 Å². The average Bonchev–Trinajstić information content (AvgIpc) is 3.31. The second-order valence-electron chi connectivity index (χ2n) is 7.68. The summed E-state index contributed by atoms with van der Waals surface area (Å²) >= 11 is 1.56. The summed E-state index contributed by atoms with van der Waals surface area (Å²) in [6.45, 7) is 2.82. The van der Waals surface area contributed by atoms with Crippen LogP contribution in [0, 0.1) is 11.3 Å². The second-order valence-corrected chi connectivity index (χ2v) is 8.80. The number of nitrogens with zero attached hydrogens (tertiary/aromatic N) is 3. The van der Waals surface area contributed by atoms with Crippen LogP contribution in [0.1, 0.15) is 34.3 Å². The number of nitrogens with one attached hydrogen (secondary N) is 1. The Morgan fingerprint density at radius 2 is 1.86 bits per heavy atom. The summed E-state index contributed by atoms with van der Waals surface area (Å²) in [7, 11) is 0. The summed E-state index contributed by atoms with van der Waals surface area (Å²) in [5.41, 5.74) is 3.48. The van der Waals surface area contributed by atoms with Crippen molar-refractivity contribution in [3.05, 3.63) is 88.9 Å². The average molecular weight is 485 g/mol. The molecule has 4 rings (SSSR count). The predicted molar refractivity (Wildman–Crippen MR) is 137 cm³/mol. The van der Waals surface area contributed by atoms with E-state index in [0.29, 0.717) is 30.0 Å². The first-order valence-electron chi connectivity index (χ1n) is 11.2. The molecule has 0 saturated heterocycles. The van der Waals surface area contributed by atoms with E-state index in [2.05, 4.69) is 11.4 Å². The van der Waals surface area contributed by atoms with Crippen LogP contribution in [0.4, 0.5) is 11.4 Å². The quantitative estimate of drug-likeness (QED) is 0.321. The Kier molecular flexibility index (Phi) is 7.70. The molecular weight excluding hydrogens is 460 g/mol. The largest absolute Gasteiger partial charge is 0.466 e. The lowest BCUT2D eigenvalue weighted by Gasteiger charge is -2.22. The molecule has 1 heterocycles. The van der Waals surface area contributed by atoms with Crippen molar-refractivity contribution in [2.45, 2.75) is 19.9 Å². The molecule has 35 heavy (non-hydrogen) atoms. The first-order chi connectivity index (χ1) is 17.1. The fourth-order valence-corrected chi connectivity index (χ4v) is 4.46. The number of benzene rings is 3. The van der Waals surface area contributed by atoms with Crippen LogP contribution in [-0.4, -0.2) is 30.0 Å². The number of rotatable bonds is 9. The molecule has 1 amide bonds. The minimum atomic E-state index is -0.337. The number of anilines is 2. The standard InChI is InChI=1S/C27H24N4O3S/c1-2-34-26(32)14-15-31(22-6-4-3-5-7-22)27(33)20-10-13-24-23(16-20)30-25(35-24)18-29-21-11-8-19(17-28)9-12-21/h3-13,16,29H,2,14-15,18H2,1H3. The zero-order valence-electron chi connectivity index (χ0n) is 19.2. The number of ether oxygens (including phenoxy) is 1. The molecule has 0 unspecified atom stereocenters. The van der Waals surface area contributed by atoms with Gasteiger partial charge in [0, 0.05) is 23.5 Å². The third-order valence-corrected chi connectivity index (χ3v) is 6.33. The molecule has 3 aromatic carbocycles. The molecular formula is C27H24N4O3S. The van der Waals surface area contributed by atoms with Crippen LogP contribution in [0.3, 0.4) is 0 Å². The van der Waals surface area contributed by atoms with E-state index in [1.54, 1.807) is 47.4 Å². The van der Waals surface area contributed by atoms with E-state index in [9.17, 15) is 9.59 Å². The molecule has 8 heteroatoms. The molecule has 7 nitrogen and oxygen atoms in total. The summed E-state index contributed by atoms with van der Waals surface area (Å²) in [6, 6.07) is 24.1.